The van der Waals surface area contributed by atoms with E-state index in [4.69, 9.17) is 10.2 Å². The fraction of sp³-hybridized carbons (Fsp3) is 0.474. The SMILES string of the molecule is CC1=C(F)CC(N)(c2ccc(O[Si](C)(C)C(C)(C)C)cc2)C=C1. The first-order chi connectivity index (χ1) is 10.4. The van der Waals surface area contributed by atoms with Gasteiger partial charge in [-0.1, -0.05) is 45.1 Å². The maximum atomic E-state index is 13.9. The Morgan fingerprint density at radius 3 is 2.22 bits per heavy atom. The third-order valence-corrected chi connectivity index (χ3v) is 9.44. The highest BCUT2D eigenvalue weighted by Crippen LogP contribution is 2.38. The summed E-state index contributed by atoms with van der Waals surface area (Å²) in [6.45, 7) is 12.9. The summed E-state index contributed by atoms with van der Waals surface area (Å²) in [6.07, 6.45) is 3.85. The maximum Gasteiger partial charge on any atom is 0.250 e. The summed E-state index contributed by atoms with van der Waals surface area (Å²) in [7, 11) is -1.85. The largest absolute Gasteiger partial charge is 0.544 e. The van der Waals surface area contributed by atoms with Gasteiger partial charge in [-0.05, 0) is 48.3 Å². The molecule has 2 N–H and O–H groups in total. The van der Waals surface area contributed by atoms with Gasteiger partial charge in [0.15, 0.2) is 0 Å². The quantitative estimate of drug-likeness (QED) is 0.749. The minimum atomic E-state index is -1.85. The van der Waals surface area contributed by atoms with E-state index in [-0.39, 0.29) is 17.3 Å². The second kappa shape index (κ2) is 5.91. The van der Waals surface area contributed by atoms with Crippen molar-refractivity contribution in [2.24, 2.45) is 5.73 Å². The summed E-state index contributed by atoms with van der Waals surface area (Å²) in [6, 6.07) is 7.78. The molecule has 2 rings (SSSR count). The topological polar surface area (TPSA) is 35.2 Å². The molecule has 126 valence electrons. The molecule has 2 nitrogen and oxygen atoms in total. The Balaban J connectivity index is 2.20. The number of nitrogens with two attached hydrogens (primary N) is 1. The second-order valence-electron chi connectivity index (χ2n) is 8.03. The summed E-state index contributed by atoms with van der Waals surface area (Å²) in [4.78, 5) is 0. The number of benzene rings is 1. The first-order valence-electron chi connectivity index (χ1n) is 8.08. The number of allylic oxidation sites excluding steroid dienone is 2. The van der Waals surface area contributed by atoms with Gasteiger partial charge in [-0.25, -0.2) is 4.39 Å². The van der Waals surface area contributed by atoms with Crippen molar-refractivity contribution < 1.29 is 8.82 Å². The minimum Gasteiger partial charge on any atom is -0.544 e. The van der Waals surface area contributed by atoms with Gasteiger partial charge >= 0.3 is 0 Å². The molecule has 1 aliphatic carbocycles. The molecule has 0 saturated carbocycles. The Kier molecular flexibility index (Phi) is 4.61. The van der Waals surface area contributed by atoms with Crippen LogP contribution in [0.4, 0.5) is 4.39 Å². The lowest BCUT2D eigenvalue weighted by Crippen LogP contribution is -2.43. The van der Waals surface area contributed by atoms with Crippen molar-refractivity contribution in [3.8, 4) is 5.75 Å². The van der Waals surface area contributed by atoms with Crippen LogP contribution in [0.5, 0.6) is 5.75 Å². The smallest absolute Gasteiger partial charge is 0.250 e. The zero-order chi connectivity index (χ0) is 17.5. The summed E-state index contributed by atoms with van der Waals surface area (Å²) in [5.74, 6) is 0.715. The molecule has 0 bridgehead atoms. The van der Waals surface area contributed by atoms with Gasteiger partial charge in [0.2, 0.25) is 8.32 Å². The fourth-order valence-corrected chi connectivity index (χ4v) is 3.33. The van der Waals surface area contributed by atoms with Crippen molar-refractivity contribution in [1.29, 1.82) is 0 Å². The Hall–Kier alpha value is -1.39. The molecule has 0 heterocycles. The average Bonchev–Trinajstić information content (AvgIpc) is 2.42. The molecule has 1 aromatic carbocycles. The molecule has 1 unspecified atom stereocenters. The molecule has 0 amide bonds. The molecular weight excluding hydrogens is 305 g/mol. The van der Waals surface area contributed by atoms with E-state index < -0.39 is 13.9 Å². The van der Waals surface area contributed by atoms with Crippen molar-refractivity contribution >= 4 is 8.32 Å². The van der Waals surface area contributed by atoms with E-state index in [2.05, 4.69) is 33.9 Å². The molecule has 1 aromatic rings. The highest BCUT2D eigenvalue weighted by Gasteiger charge is 2.39. The molecule has 0 aliphatic heterocycles. The van der Waals surface area contributed by atoms with Crippen LogP contribution in [0.3, 0.4) is 0 Å². The monoisotopic (exact) mass is 333 g/mol. The van der Waals surface area contributed by atoms with Gasteiger partial charge in [-0.3, -0.25) is 0 Å². The van der Waals surface area contributed by atoms with E-state index in [0.717, 1.165) is 11.3 Å². The number of halogens is 1. The highest BCUT2D eigenvalue weighted by molar-refractivity contribution is 6.74. The Morgan fingerprint density at radius 2 is 1.74 bits per heavy atom. The van der Waals surface area contributed by atoms with Gasteiger partial charge in [-0.2, -0.15) is 0 Å². The normalized spacial score (nSPS) is 22.4. The highest BCUT2D eigenvalue weighted by atomic mass is 28.4. The van der Waals surface area contributed by atoms with Crippen LogP contribution in [0.2, 0.25) is 18.1 Å². The van der Waals surface area contributed by atoms with Crippen LogP contribution in [0, 0.1) is 0 Å². The van der Waals surface area contributed by atoms with E-state index in [1.165, 1.54) is 0 Å². The second-order valence-corrected chi connectivity index (χ2v) is 12.7. The van der Waals surface area contributed by atoms with E-state index in [0.29, 0.717) is 5.57 Å². The lowest BCUT2D eigenvalue weighted by atomic mass is 9.83. The average molecular weight is 334 g/mol. The lowest BCUT2D eigenvalue weighted by molar-refractivity contribution is 0.458. The molecule has 0 fully saturated rings. The summed E-state index contributed by atoms with van der Waals surface area (Å²) in [5.41, 5.74) is 7.17. The van der Waals surface area contributed by atoms with Crippen LogP contribution < -0.4 is 10.2 Å². The number of rotatable bonds is 3. The zero-order valence-electron chi connectivity index (χ0n) is 15.0. The van der Waals surface area contributed by atoms with E-state index in [1.54, 1.807) is 13.0 Å². The lowest BCUT2D eigenvalue weighted by Gasteiger charge is -2.36. The molecule has 0 aromatic heterocycles. The Morgan fingerprint density at radius 1 is 1.17 bits per heavy atom. The van der Waals surface area contributed by atoms with Gasteiger partial charge < -0.3 is 10.2 Å². The van der Waals surface area contributed by atoms with Gasteiger partial charge in [0, 0.05) is 6.42 Å². The molecule has 23 heavy (non-hydrogen) atoms. The van der Waals surface area contributed by atoms with Crippen LogP contribution in [0.25, 0.3) is 0 Å². The third-order valence-electron chi connectivity index (χ3n) is 5.08. The molecule has 0 saturated heterocycles. The molecular formula is C19H28FNOSi. The third kappa shape index (κ3) is 3.75. The van der Waals surface area contributed by atoms with Crippen LogP contribution in [-0.4, -0.2) is 8.32 Å². The van der Waals surface area contributed by atoms with Gasteiger partial charge in [0.05, 0.1) is 5.54 Å². The van der Waals surface area contributed by atoms with Crippen LogP contribution >= 0.6 is 0 Å². The summed E-state index contributed by atoms with van der Waals surface area (Å²) >= 11 is 0. The fourth-order valence-electron chi connectivity index (χ4n) is 2.30. The minimum absolute atomic E-state index is 0.142. The van der Waals surface area contributed by atoms with Crippen LogP contribution in [-0.2, 0) is 5.54 Å². The van der Waals surface area contributed by atoms with Crippen molar-refractivity contribution in [1.82, 2.24) is 0 Å². The van der Waals surface area contributed by atoms with E-state index in [9.17, 15) is 4.39 Å². The van der Waals surface area contributed by atoms with E-state index >= 15 is 0 Å². The molecule has 1 atom stereocenters. The van der Waals surface area contributed by atoms with Crippen molar-refractivity contribution in [3.63, 3.8) is 0 Å². The van der Waals surface area contributed by atoms with Crippen molar-refractivity contribution in [2.75, 3.05) is 0 Å². The molecule has 1 aliphatic rings. The molecule has 0 radical (unpaired) electrons. The molecule has 0 spiro atoms. The predicted molar refractivity (Wildman–Crippen MR) is 97.7 cm³/mol. The number of hydrogen-bond donors (Lipinski definition) is 1. The van der Waals surface area contributed by atoms with Crippen LogP contribution in [0.1, 0.15) is 39.7 Å². The Bertz CT molecular complexity index is 640. The summed E-state index contributed by atoms with van der Waals surface area (Å²) < 4.78 is 20.2. The Labute approximate surface area is 140 Å². The number of hydrogen-bond acceptors (Lipinski definition) is 2. The maximum absolute atomic E-state index is 13.9. The van der Waals surface area contributed by atoms with Gasteiger partial charge in [0.1, 0.15) is 11.6 Å². The van der Waals surface area contributed by atoms with Crippen LogP contribution in [0.15, 0.2) is 47.8 Å². The zero-order valence-corrected chi connectivity index (χ0v) is 16.0. The van der Waals surface area contributed by atoms with Crippen molar-refractivity contribution in [3.05, 3.63) is 53.4 Å². The van der Waals surface area contributed by atoms with E-state index in [1.807, 2.05) is 30.3 Å². The van der Waals surface area contributed by atoms with Gasteiger partial charge in [0.25, 0.3) is 0 Å². The predicted octanol–water partition coefficient (Wildman–Crippen LogP) is 5.43. The first-order valence-corrected chi connectivity index (χ1v) is 11.0. The first kappa shape index (κ1) is 18.0. The standard InChI is InChI=1S/C19H28FNOSi/c1-14-11-12-19(21,13-17(14)20)15-7-9-16(10-8-15)22-23(5,6)18(2,3)4/h7-12H,13,21H2,1-6H3. The molecule has 4 heteroatoms. The summed E-state index contributed by atoms with van der Waals surface area (Å²) in [5, 5.41) is 0.151. The van der Waals surface area contributed by atoms with Crippen molar-refractivity contribution in [2.45, 2.75) is 57.8 Å². The van der Waals surface area contributed by atoms with Gasteiger partial charge in [-0.15, -0.1) is 0 Å².